The summed E-state index contributed by atoms with van der Waals surface area (Å²) in [5, 5.41) is 1.20. The van der Waals surface area contributed by atoms with Crippen LogP contribution in [0.15, 0.2) is 48.9 Å². The van der Waals surface area contributed by atoms with Gasteiger partial charge in [0.1, 0.15) is 5.82 Å². The summed E-state index contributed by atoms with van der Waals surface area (Å²) in [6.07, 6.45) is 5.97. The number of halogens is 1. The number of anilines is 2. The minimum atomic E-state index is -0.283. The number of aryl methyl sites for hydroxylation is 1. The van der Waals surface area contributed by atoms with Crippen LogP contribution in [0.2, 0.25) is 0 Å². The number of hydrogen-bond acceptors (Lipinski definition) is 4. The van der Waals surface area contributed by atoms with Crippen LogP contribution in [-0.4, -0.2) is 36.1 Å². The molecule has 0 spiro atoms. The minimum Gasteiger partial charge on any atom is -0.369 e. The molecule has 0 saturated carbocycles. The lowest BCUT2D eigenvalue weighted by Gasteiger charge is -2.27. The van der Waals surface area contributed by atoms with E-state index in [4.69, 9.17) is 0 Å². The fourth-order valence-electron chi connectivity index (χ4n) is 3.62. The number of aromatic nitrogens is 2. The summed E-state index contributed by atoms with van der Waals surface area (Å²) in [5.74, 6) is -0.283. The molecule has 128 valence electrons. The maximum absolute atomic E-state index is 13.5. The van der Waals surface area contributed by atoms with Gasteiger partial charge in [0.2, 0.25) is 0 Å². The first-order valence-corrected chi connectivity index (χ1v) is 8.67. The van der Waals surface area contributed by atoms with E-state index < -0.39 is 0 Å². The van der Waals surface area contributed by atoms with Gasteiger partial charge in [0.25, 0.3) is 0 Å². The molecule has 4 nitrogen and oxygen atoms in total. The highest BCUT2D eigenvalue weighted by Gasteiger charge is 2.19. The monoisotopic (exact) mass is 336 g/mol. The highest BCUT2D eigenvalue weighted by molar-refractivity contribution is 5.93. The predicted octanol–water partition coefficient (Wildman–Crippen LogP) is 3.79. The number of fused-ring (bicyclic) bond motifs is 1. The third kappa shape index (κ3) is 3.14. The number of nitrogens with zero attached hydrogens (tertiary/aromatic N) is 4. The zero-order valence-electron chi connectivity index (χ0n) is 14.3. The Kier molecular flexibility index (Phi) is 4.22. The van der Waals surface area contributed by atoms with Crippen LogP contribution in [-0.2, 0) is 0 Å². The van der Waals surface area contributed by atoms with Gasteiger partial charge in [-0.1, -0.05) is 18.2 Å². The van der Waals surface area contributed by atoms with Crippen molar-refractivity contribution in [1.82, 2.24) is 9.97 Å². The van der Waals surface area contributed by atoms with Crippen LogP contribution in [0.25, 0.3) is 10.9 Å². The van der Waals surface area contributed by atoms with E-state index in [-0.39, 0.29) is 5.82 Å². The van der Waals surface area contributed by atoms with Gasteiger partial charge < -0.3 is 9.80 Å². The first-order valence-electron chi connectivity index (χ1n) is 8.67. The molecule has 0 radical (unpaired) electrons. The number of pyridine rings is 2. The highest BCUT2D eigenvalue weighted by Crippen LogP contribution is 2.30. The molecule has 0 aliphatic carbocycles. The molecule has 5 heteroatoms. The van der Waals surface area contributed by atoms with Crippen LogP contribution in [0, 0.1) is 12.7 Å². The van der Waals surface area contributed by atoms with Crippen molar-refractivity contribution in [1.29, 1.82) is 0 Å². The van der Waals surface area contributed by atoms with Crippen LogP contribution in [0.3, 0.4) is 0 Å². The second-order valence-corrected chi connectivity index (χ2v) is 6.50. The summed E-state index contributed by atoms with van der Waals surface area (Å²) >= 11 is 0. The molecule has 1 fully saturated rings. The molecule has 2 aromatic heterocycles. The molecule has 1 aliphatic heterocycles. The van der Waals surface area contributed by atoms with Crippen LogP contribution >= 0.6 is 0 Å². The summed E-state index contributed by atoms with van der Waals surface area (Å²) in [5.41, 5.74) is 4.35. The van der Waals surface area contributed by atoms with Crippen molar-refractivity contribution < 1.29 is 4.39 Å². The Morgan fingerprint density at radius 2 is 1.76 bits per heavy atom. The summed E-state index contributed by atoms with van der Waals surface area (Å²) in [4.78, 5) is 13.2. The fourth-order valence-corrected chi connectivity index (χ4v) is 3.62. The molecule has 1 aliphatic rings. The SMILES string of the molecule is Cc1cnc2ccccc2c1N1CCCN(c2cncc(F)c2)CC1. The first kappa shape index (κ1) is 15.8. The summed E-state index contributed by atoms with van der Waals surface area (Å²) < 4.78 is 13.5. The lowest BCUT2D eigenvalue weighted by molar-refractivity contribution is 0.620. The van der Waals surface area contributed by atoms with Crippen LogP contribution in [0.5, 0.6) is 0 Å². The highest BCUT2D eigenvalue weighted by atomic mass is 19.1. The number of hydrogen-bond donors (Lipinski definition) is 0. The summed E-state index contributed by atoms with van der Waals surface area (Å²) in [6.45, 7) is 5.75. The van der Waals surface area contributed by atoms with Crippen molar-refractivity contribution in [2.45, 2.75) is 13.3 Å². The van der Waals surface area contributed by atoms with Crippen molar-refractivity contribution in [3.8, 4) is 0 Å². The van der Waals surface area contributed by atoms with Crippen LogP contribution in [0.1, 0.15) is 12.0 Å². The lowest BCUT2D eigenvalue weighted by atomic mass is 10.1. The van der Waals surface area contributed by atoms with Gasteiger partial charge in [-0.05, 0) is 25.0 Å². The molecule has 3 aromatic rings. The molecule has 0 amide bonds. The molecular weight excluding hydrogens is 315 g/mol. The average molecular weight is 336 g/mol. The second kappa shape index (κ2) is 6.67. The van der Waals surface area contributed by atoms with E-state index in [1.807, 2.05) is 12.3 Å². The quantitative estimate of drug-likeness (QED) is 0.713. The first-order chi connectivity index (χ1) is 12.2. The van der Waals surface area contributed by atoms with Crippen LogP contribution in [0.4, 0.5) is 15.8 Å². The summed E-state index contributed by atoms with van der Waals surface area (Å²) in [6, 6.07) is 9.85. The van der Waals surface area contributed by atoms with E-state index in [2.05, 4.69) is 44.9 Å². The Labute approximate surface area is 146 Å². The van der Waals surface area contributed by atoms with Crippen molar-refractivity contribution in [2.24, 2.45) is 0 Å². The van der Waals surface area contributed by atoms with E-state index in [1.165, 1.54) is 22.8 Å². The Hall–Kier alpha value is -2.69. The third-order valence-corrected chi connectivity index (χ3v) is 4.80. The largest absolute Gasteiger partial charge is 0.369 e. The molecule has 0 bridgehead atoms. The smallest absolute Gasteiger partial charge is 0.143 e. The van der Waals surface area contributed by atoms with Crippen molar-refractivity contribution in [2.75, 3.05) is 36.0 Å². The van der Waals surface area contributed by atoms with Gasteiger partial charge in [0, 0.05) is 43.8 Å². The van der Waals surface area contributed by atoms with Gasteiger partial charge in [0.15, 0.2) is 0 Å². The normalized spacial score (nSPS) is 15.4. The molecule has 1 saturated heterocycles. The Morgan fingerprint density at radius 3 is 2.64 bits per heavy atom. The van der Waals surface area contributed by atoms with Gasteiger partial charge in [0.05, 0.1) is 29.3 Å². The fraction of sp³-hybridized carbons (Fsp3) is 0.300. The molecular formula is C20H21FN4. The van der Waals surface area contributed by atoms with E-state index in [1.54, 1.807) is 12.3 Å². The maximum Gasteiger partial charge on any atom is 0.143 e. The number of para-hydroxylation sites is 1. The maximum atomic E-state index is 13.5. The minimum absolute atomic E-state index is 0.283. The Morgan fingerprint density at radius 1 is 0.960 bits per heavy atom. The standard InChI is InChI=1S/C20H21FN4/c1-15-12-23-19-6-3-2-5-18(19)20(15)25-8-4-7-24(9-10-25)17-11-16(21)13-22-14-17/h2-3,5-6,11-14H,4,7-10H2,1H3. The second-order valence-electron chi connectivity index (χ2n) is 6.50. The van der Waals surface area contributed by atoms with Gasteiger partial charge in [-0.3, -0.25) is 9.97 Å². The third-order valence-electron chi connectivity index (χ3n) is 4.80. The van der Waals surface area contributed by atoms with E-state index >= 15 is 0 Å². The van der Waals surface area contributed by atoms with Crippen molar-refractivity contribution in [3.63, 3.8) is 0 Å². The number of benzene rings is 1. The lowest BCUT2D eigenvalue weighted by Crippen LogP contribution is -2.31. The molecule has 0 unspecified atom stereocenters. The van der Waals surface area contributed by atoms with E-state index in [0.29, 0.717) is 0 Å². The Bertz CT molecular complexity index is 896. The summed E-state index contributed by atoms with van der Waals surface area (Å²) in [7, 11) is 0. The number of rotatable bonds is 2. The molecule has 3 heterocycles. The van der Waals surface area contributed by atoms with E-state index in [0.717, 1.165) is 43.8 Å². The average Bonchev–Trinajstić information content (AvgIpc) is 2.88. The van der Waals surface area contributed by atoms with Gasteiger partial charge in [-0.15, -0.1) is 0 Å². The van der Waals surface area contributed by atoms with Gasteiger partial charge >= 0.3 is 0 Å². The van der Waals surface area contributed by atoms with E-state index in [9.17, 15) is 4.39 Å². The molecule has 1 aromatic carbocycles. The van der Waals surface area contributed by atoms with Crippen LogP contribution < -0.4 is 9.80 Å². The predicted molar refractivity (Wildman–Crippen MR) is 99.7 cm³/mol. The van der Waals surface area contributed by atoms with Gasteiger partial charge in [-0.2, -0.15) is 0 Å². The molecule has 0 N–H and O–H groups in total. The zero-order chi connectivity index (χ0) is 17.2. The Balaban J connectivity index is 1.62. The zero-order valence-corrected chi connectivity index (χ0v) is 14.3. The topological polar surface area (TPSA) is 32.3 Å². The molecule has 0 atom stereocenters. The molecule has 25 heavy (non-hydrogen) atoms. The molecule has 4 rings (SSSR count). The van der Waals surface area contributed by atoms with Crippen molar-refractivity contribution in [3.05, 3.63) is 60.3 Å². The van der Waals surface area contributed by atoms with Gasteiger partial charge in [-0.25, -0.2) is 4.39 Å². The van der Waals surface area contributed by atoms with Crippen molar-refractivity contribution >= 4 is 22.3 Å².